The summed E-state index contributed by atoms with van der Waals surface area (Å²) in [6.45, 7) is 2.31. The molecule has 1 heterocycles. The van der Waals surface area contributed by atoms with Gasteiger partial charge in [0.05, 0.1) is 18.7 Å². The van der Waals surface area contributed by atoms with Gasteiger partial charge in [0.25, 0.3) is 0 Å². The number of hydrogen-bond donors (Lipinski definition) is 3. The molecule has 0 aromatic rings. The van der Waals surface area contributed by atoms with Gasteiger partial charge in [0, 0.05) is 19.1 Å². The van der Waals surface area contributed by atoms with Crippen LogP contribution in [0, 0.1) is 0 Å². The van der Waals surface area contributed by atoms with Gasteiger partial charge in [-0.3, -0.25) is 9.69 Å². The average molecular weight is 269 g/mol. The molecule has 0 spiro atoms. The Labute approximate surface area is 115 Å². The molecule has 0 unspecified atom stereocenters. The van der Waals surface area contributed by atoms with Crippen LogP contribution in [0.2, 0.25) is 0 Å². The van der Waals surface area contributed by atoms with Crippen molar-refractivity contribution in [2.24, 2.45) is 5.73 Å². The molecule has 19 heavy (non-hydrogen) atoms. The van der Waals surface area contributed by atoms with E-state index in [-0.39, 0.29) is 18.1 Å². The molecule has 1 saturated heterocycles. The number of amides is 1. The number of aliphatic hydroxyl groups is 1. The Morgan fingerprint density at radius 1 is 1.26 bits per heavy atom. The van der Waals surface area contributed by atoms with Crippen molar-refractivity contribution in [2.45, 2.75) is 56.5 Å². The van der Waals surface area contributed by atoms with E-state index in [2.05, 4.69) is 10.2 Å². The first-order chi connectivity index (χ1) is 9.13. The lowest BCUT2D eigenvalue weighted by molar-refractivity contribution is -0.125. The van der Waals surface area contributed by atoms with Crippen molar-refractivity contribution in [1.29, 1.82) is 0 Å². The third-order valence-corrected chi connectivity index (χ3v) is 4.52. The quantitative estimate of drug-likeness (QED) is 0.682. The second kappa shape index (κ2) is 6.68. The first kappa shape index (κ1) is 14.8. The number of nitrogens with two attached hydrogens (primary N) is 1. The van der Waals surface area contributed by atoms with Crippen LogP contribution in [0.3, 0.4) is 0 Å². The van der Waals surface area contributed by atoms with E-state index in [1.807, 2.05) is 0 Å². The van der Waals surface area contributed by atoms with Gasteiger partial charge in [-0.1, -0.05) is 19.3 Å². The Morgan fingerprint density at radius 2 is 1.89 bits per heavy atom. The number of piperidine rings is 1. The van der Waals surface area contributed by atoms with Crippen LogP contribution >= 0.6 is 0 Å². The van der Waals surface area contributed by atoms with Crippen LogP contribution < -0.4 is 11.1 Å². The molecular formula is C14H27N3O2. The number of carbonyl (C=O) groups excluding carboxylic acids is 1. The topological polar surface area (TPSA) is 78.6 Å². The van der Waals surface area contributed by atoms with Crippen LogP contribution in [-0.2, 0) is 4.79 Å². The summed E-state index contributed by atoms with van der Waals surface area (Å²) < 4.78 is 0. The van der Waals surface area contributed by atoms with Gasteiger partial charge >= 0.3 is 0 Å². The SMILES string of the molecule is NC1CCN(CC(=O)NC2(CO)CCCCC2)CC1. The molecule has 0 aromatic heterocycles. The molecule has 2 fully saturated rings. The van der Waals surface area contributed by atoms with Gasteiger partial charge in [0.2, 0.25) is 5.91 Å². The number of rotatable bonds is 4. The highest BCUT2D eigenvalue weighted by Crippen LogP contribution is 2.27. The lowest BCUT2D eigenvalue weighted by Gasteiger charge is -2.37. The molecule has 4 N–H and O–H groups in total. The van der Waals surface area contributed by atoms with Crippen molar-refractivity contribution in [3.63, 3.8) is 0 Å². The van der Waals surface area contributed by atoms with Gasteiger partial charge in [-0.05, 0) is 25.7 Å². The highest BCUT2D eigenvalue weighted by atomic mass is 16.3. The zero-order valence-electron chi connectivity index (χ0n) is 11.7. The van der Waals surface area contributed by atoms with E-state index in [1.165, 1.54) is 6.42 Å². The lowest BCUT2D eigenvalue weighted by atomic mass is 9.82. The van der Waals surface area contributed by atoms with Gasteiger partial charge in [-0.25, -0.2) is 0 Å². The molecular weight excluding hydrogens is 242 g/mol. The van der Waals surface area contributed by atoms with Crippen LogP contribution in [0.1, 0.15) is 44.9 Å². The predicted octanol–water partition coefficient (Wildman–Crippen LogP) is 0.221. The predicted molar refractivity (Wildman–Crippen MR) is 74.7 cm³/mol. The maximum atomic E-state index is 12.1. The van der Waals surface area contributed by atoms with Crippen molar-refractivity contribution >= 4 is 5.91 Å². The summed E-state index contributed by atoms with van der Waals surface area (Å²) in [6, 6.07) is 0.293. The Morgan fingerprint density at radius 3 is 2.47 bits per heavy atom. The molecule has 0 bridgehead atoms. The monoisotopic (exact) mass is 269 g/mol. The van der Waals surface area contributed by atoms with Crippen molar-refractivity contribution < 1.29 is 9.90 Å². The summed E-state index contributed by atoms with van der Waals surface area (Å²) in [4.78, 5) is 14.3. The van der Waals surface area contributed by atoms with Crippen molar-refractivity contribution in [1.82, 2.24) is 10.2 Å². The van der Waals surface area contributed by atoms with Crippen LogP contribution in [0.4, 0.5) is 0 Å². The summed E-state index contributed by atoms with van der Waals surface area (Å²) in [5.41, 5.74) is 5.50. The molecule has 2 rings (SSSR count). The largest absolute Gasteiger partial charge is 0.394 e. The molecule has 0 aromatic carbocycles. The average Bonchev–Trinajstić information content (AvgIpc) is 2.42. The molecule has 110 valence electrons. The molecule has 1 aliphatic carbocycles. The van der Waals surface area contributed by atoms with Crippen molar-refractivity contribution in [3.05, 3.63) is 0 Å². The molecule has 0 radical (unpaired) electrons. The molecule has 5 heteroatoms. The van der Waals surface area contributed by atoms with Crippen LogP contribution in [0.5, 0.6) is 0 Å². The van der Waals surface area contributed by atoms with E-state index in [0.29, 0.717) is 12.6 Å². The number of nitrogens with zero attached hydrogens (tertiary/aromatic N) is 1. The van der Waals surface area contributed by atoms with Crippen LogP contribution in [-0.4, -0.2) is 53.7 Å². The number of hydrogen-bond acceptors (Lipinski definition) is 4. The molecule has 0 atom stereocenters. The van der Waals surface area contributed by atoms with Crippen molar-refractivity contribution in [3.8, 4) is 0 Å². The fraction of sp³-hybridized carbons (Fsp3) is 0.929. The van der Waals surface area contributed by atoms with Crippen molar-refractivity contribution in [2.75, 3.05) is 26.2 Å². The van der Waals surface area contributed by atoms with Crippen LogP contribution in [0.25, 0.3) is 0 Å². The maximum Gasteiger partial charge on any atom is 0.234 e. The molecule has 2 aliphatic rings. The zero-order chi connectivity index (χ0) is 13.7. The molecule has 5 nitrogen and oxygen atoms in total. The van der Waals surface area contributed by atoms with Gasteiger partial charge < -0.3 is 16.2 Å². The minimum atomic E-state index is -0.360. The number of nitrogens with one attached hydrogen (secondary N) is 1. The van der Waals surface area contributed by atoms with E-state index in [1.54, 1.807) is 0 Å². The van der Waals surface area contributed by atoms with Gasteiger partial charge in [0.1, 0.15) is 0 Å². The van der Waals surface area contributed by atoms with E-state index in [4.69, 9.17) is 5.73 Å². The second-order valence-corrected chi connectivity index (χ2v) is 6.16. The van der Waals surface area contributed by atoms with Gasteiger partial charge in [-0.15, -0.1) is 0 Å². The second-order valence-electron chi connectivity index (χ2n) is 6.16. The smallest absolute Gasteiger partial charge is 0.234 e. The first-order valence-electron chi connectivity index (χ1n) is 7.53. The van der Waals surface area contributed by atoms with E-state index < -0.39 is 0 Å². The lowest BCUT2D eigenvalue weighted by Crippen LogP contribution is -2.55. The van der Waals surface area contributed by atoms with Gasteiger partial charge in [-0.2, -0.15) is 0 Å². The fourth-order valence-corrected chi connectivity index (χ4v) is 3.20. The molecule has 1 aliphatic heterocycles. The Balaban J connectivity index is 1.79. The first-order valence-corrected chi connectivity index (χ1v) is 7.53. The summed E-state index contributed by atoms with van der Waals surface area (Å²) in [7, 11) is 0. The summed E-state index contributed by atoms with van der Waals surface area (Å²) in [5, 5.41) is 12.7. The maximum absolute atomic E-state index is 12.1. The fourth-order valence-electron chi connectivity index (χ4n) is 3.20. The third-order valence-electron chi connectivity index (χ3n) is 4.52. The molecule has 1 amide bonds. The molecule has 1 saturated carbocycles. The van der Waals surface area contributed by atoms with E-state index >= 15 is 0 Å². The summed E-state index contributed by atoms with van der Waals surface area (Å²) in [6.07, 6.45) is 7.15. The number of aliphatic hydroxyl groups excluding tert-OH is 1. The Kier molecular flexibility index (Phi) is 5.19. The number of likely N-dealkylation sites (tertiary alicyclic amines) is 1. The highest BCUT2D eigenvalue weighted by Gasteiger charge is 2.33. The van der Waals surface area contributed by atoms with E-state index in [9.17, 15) is 9.90 Å². The number of carbonyl (C=O) groups is 1. The minimum absolute atomic E-state index is 0.0476. The Bertz CT molecular complexity index is 295. The highest BCUT2D eigenvalue weighted by molar-refractivity contribution is 5.79. The summed E-state index contributed by atoms with van der Waals surface area (Å²) in [5.74, 6) is 0.0476. The normalized spacial score (nSPS) is 25.2. The third kappa shape index (κ3) is 4.16. The Hall–Kier alpha value is -0.650. The minimum Gasteiger partial charge on any atom is -0.394 e. The zero-order valence-corrected chi connectivity index (χ0v) is 11.7. The van der Waals surface area contributed by atoms with Gasteiger partial charge in [0.15, 0.2) is 0 Å². The standard InChI is InChI=1S/C14H27N3O2/c15-12-4-8-17(9-5-12)10-13(19)16-14(11-18)6-2-1-3-7-14/h12,18H,1-11,15H2,(H,16,19). The van der Waals surface area contributed by atoms with E-state index in [0.717, 1.165) is 51.6 Å². The summed E-state index contributed by atoms with van der Waals surface area (Å²) >= 11 is 0. The van der Waals surface area contributed by atoms with Crippen LogP contribution in [0.15, 0.2) is 0 Å².